The van der Waals surface area contributed by atoms with Crippen molar-refractivity contribution in [3.8, 4) is 33.4 Å². The predicted molar refractivity (Wildman–Crippen MR) is 276 cm³/mol. The second-order valence-corrected chi connectivity index (χ2v) is 17.3. The summed E-state index contributed by atoms with van der Waals surface area (Å²) in [5, 5.41) is 15.1. The third-order valence-corrected chi connectivity index (χ3v) is 13.6. The van der Waals surface area contributed by atoms with E-state index in [1.54, 1.807) is 0 Å². The van der Waals surface area contributed by atoms with Crippen LogP contribution >= 0.6 is 0 Å². The van der Waals surface area contributed by atoms with E-state index in [0.29, 0.717) is 0 Å². The number of para-hydroxylation sites is 2. The van der Waals surface area contributed by atoms with Gasteiger partial charge in [0.25, 0.3) is 0 Å². The van der Waals surface area contributed by atoms with E-state index in [0.717, 1.165) is 0 Å². The minimum absolute atomic E-state index is 0.122. The van der Waals surface area contributed by atoms with Crippen LogP contribution in [-0.4, -0.2) is 0 Å². The van der Waals surface area contributed by atoms with E-state index in [2.05, 4.69) is 249 Å². The summed E-state index contributed by atoms with van der Waals surface area (Å²) in [6.07, 6.45) is 0. The molecule has 302 valence electrons. The smallest absolute Gasteiger partial charge is 0.0563 e. The van der Waals surface area contributed by atoms with Gasteiger partial charge < -0.3 is 4.90 Å². The Kier molecular flexibility index (Phi) is 9.09. The quantitative estimate of drug-likeness (QED) is 0.114. The third-order valence-electron chi connectivity index (χ3n) is 13.6. The highest BCUT2D eigenvalue weighted by Crippen LogP contribution is 2.46. The maximum absolute atomic E-state index is 2.46. The van der Waals surface area contributed by atoms with Crippen molar-refractivity contribution in [2.24, 2.45) is 0 Å². The highest BCUT2D eigenvalue weighted by atomic mass is 15.2. The topological polar surface area (TPSA) is 3.24 Å². The molecule has 1 unspecified atom stereocenters. The number of fused-ring (bicyclic) bond motifs is 7. The summed E-state index contributed by atoms with van der Waals surface area (Å²) in [4.78, 5) is 2.46. The average molecular weight is 816 g/mol. The van der Waals surface area contributed by atoms with Crippen LogP contribution in [0, 0.1) is 6.92 Å². The van der Waals surface area contributed by atoms with Gasteiger partial charge in [-0.1, -0.05) is 182 Å². The summed E-state index contributed by atoms with van der Waals surface area (Å²) >= 11 is 0. The third kappa shape index (κ3) is 6.40. The Morgan fingerprint density at radius 2 is 0.766 bits per heavy atom. The lowest BCUT2D eigenvalue weighted by molar-refractivity contribution is 0.773. The summed E-state index contributed by atoms with van der Waals surface area (Å²) in [5.41, 5.74) is 12.4. The van der Waals surface area contributed by atoms with Gasteiger partial charge in [-0.25, -0.2) is 0 Å². The molecule has 0 N–H and O–H groups in total. The zero-order valence-electron chi connectivity index (χ0n) is 36.0. The normalized spacial score (nSPS) is 12.2. The fourth-order valence-electron chi connectivity index (χ4n) is 10.3. The number of nitrogens with zero attached hydrogens (tertiary/aromatic N) is 1. The zero-order chi connectivity index (χ0) is 42.7. The van der Waals surface area contributed by atoms with E-state index in [-0.39, 0.29) is 6.04 Å². The lowest BCUT2D eigenvalue weighted by Gasteiger charge is -2.33. The molecule has 12 aromatic carbocycles. The van der Waals surface area contributed by atoms with Crippen LogP contribution < -0.4 is 4.90 Å². The molecule has 0 aliphatic carbocycles. The summed E-state index contributed by atoms with van der Waals surface area (Å²) in [7, 11) is 0. The van der Waals surface area contributed by atoms with E-state index >= 15 is 0 Å². The molecule has 0 saturated carbocycles. The number of rotatable bonds is 7. The molecule has 1 atom stereocenters. The Balaban J connectivity index is 0.999. The van der Waals surface area contributed by atoms with Gasteiger partial charge in [0.15, 0.2) is 0 Å². The van der Waals surface area contributed by atoms with Gasteiger partial charge in [0.2, 0.25) is 0 Å². The van der Waals surface area contributed by atoms with Crippen molar-refractivity contribution in [3.63, 3.8) is 0 Å². The molecular formula is C63H45N. The fraction of sp³-hybridized carbons (Fsp3) is 0.0476. The first-order valence-electron chi connectivity index (χ1n) is 22.4. The molecule has 0 aliphatic rings. The molecular weight excluding hydrogens is 771 g/mol. The molecule has 0 heterocycles. The van der Waals surface area contributed by atoms with Crippen molar-refractivity contribution in [1.82, 2.24) is 0 Å². The number of aryl methyl sites for hydroxylation is 1. The van der Waals surface area contributed by atoms with Gasteiger partial charge in [0.1, 0.15) is 0 Å². The van der Waals surface area contributed by atoms with Crippen LogP contribution in [0.1, 0.15) is 24.1 Å². The van der Waals surface area contributed by atoms with Gasteiger partial charge in [0, 0.05) is 11.4 Å². The second-order valence-electron chi connectivity index (χ2n) is 17.3. The van der Waals surface area contributed by atoms with Crippen molar-refractivity contribution in [3.05, 3.63) is 242 Å². The van der Waals surface area contributed by atoms with Gasteiger partial charge in [-0.05, 0) is 172 Å². The molecule has 0 aliphatic heterocycles. The Bertz CT molecular complexity index is 3770. The molecule has 12 aromatic rings. The minimum atomic E-state index is 0.122. The highest BCUT2D eigenvalue weighted by Gasteiger charge is 2.22. The zero-order valence-corrected chi connectivity index (χ0v) is 36.0. The summed E-state index contributed by atoms with van der Waals surface area (Å²) in [6, 6.07) is 85.6. The first kappa shape index (κ1) is 37.7. The maximum Gasteiger partial charge on any atom is 0.0563 e. The Morgan fingerprint density at radius 3 is 1.42 bits per heavy atom. The van der Waals surface area contributed by atoms with E-state index in [9.17, 15) is 0 Å². The number of hydrogen-bond acceptors (Lipinski definition) is 1. The molecule has 1 nitrogen and oxygen atoms in total. The molecule has 0 spiro atoms. The summed E-state index contributed by atoms with van der Waals surface area (Å²) in [6.45, 7) is 4.52. The molecule has 0 bridgehead atoms. The molecule has 0 aromatic heterocycles. The monoisotopic (exact) mass is 815 g/mol. The van der Waals surface area contributed by atoms with Crippen LogP contribution in [0.4, 0.5) is 11.4 Å². The fourth-order valence-corrected chi connectivity index (χ4v) is 10.3. The largest absolute Gasteiger partial charge is 0.334 e. The van der Waals surface area contributed by atoms with Gasteiger partial charge >= 0.3 is 0 Å². The van der Waals surface area contributed by atoms with E-state index < -0.39 is 0 Å². The van der Waals surface area contributed by atoms with Crippen LogP contribution in [0.25, 0.3) is 98.0 Å². The predicted octanol–water partition coefficient (Wildman–Crippen LogP) is 17.8. The average Bonchev–Trinajstić information content (AvgIpc) is 3.35. The molecule has 12 rings (SSSR count). The lowest BCUT2D eigenvalue weighted by atomic mass is 9.84. The Labute approximate surface area is 374 Å². The lowest BCUT2D eigenvalue weighted by Crippen LogP contribution is -2.22. The van der Waals surface area contributed by atoms with Gasteiger partial charge in [-0.2, -0.15) is 0 Å². The molecule has 0 saturated heterocycles. The van der Waals surface area contributed by atoms with Crippen molar-refractivity contribution in [2.45, 2.75) is 19.9 Å². The molecule has 0 amide bonds. The molecule has 1 heteroatoms. The van der Waals surface area contributed by atoms with E-state index in [4.69, 9.17) is 0 Å². The van der Waals surface area contributed by atoms with Gasteiger partial charge in [-0.15, -0.1) is 0 Å². The summed E-state index contributed by atoms with van der Waals surface area (Å²) < 4.78 is 0. The number of benzene rings is 12. The van der Waals surface area contributed by atoms with Crippen LogP contribution in [-0.2, 0) is 0 Å². The summed E-state index contributed by atoms with van der Waals surface area (Å²) in [5.74, 6) is 0. The van der Waals surface area contributed by atoms with Crippen LogP contribution in [0.2, 0.25) is 0 Å². The highest BCUT2D eigenvalue weighted by molar-refractivity contribution is 6.23. The number of hydrogen-bond donors (Lipinski definition) is 0. The second kappa shape index (κ2) is 15.4. The molecule has 0 radical (unpaired) electrons. The maximum atomic E-state index is 2.46. The van der Waals surface area contributed by atoms with Crippen LogP contribution in [0.15, 0.2) is 231 Å². The molecule has 0 fully saturated rings. The van der Waals surface area contributed by atoms with Crippen molar-refractivity contribution >= 4 is 76.0 Å². The standard InChI is InChI=1S/C63H45N/c1-41-14-6-13-23-61(41)64(54-19-4-3-5-20-54)42(2)45-30-33-55-50(36-45)26-27-51-37-48(31-34-56(51)55)49-32-35-59-60(40-49)63(53-29-25-44-16-8-10-18-47(44)39-53)58-22-12-11-21-57(58)62(59)52-28-24-43-15-7-9-17-46(43)38-52/h3-40,42H,1-2H3. The van der Waals surface area contributed by atoms with Crippen molar-refractivity contribution < 1.29 is 0 Å². The Morgan fingerprint density at radius 1 is 0.312 bits per heavy atom. The minimum Gasteiger partial charge on any atom is -0.334 e. The first-order valence-corrected chi connectivity index (χ1v) is 22.4. The van der Waals surface area contributed by atoms with E-state index in [1.807, 2.05) is 0 Å². The Hall–Kier alpha value is -8.00. The van der Waals surface area contributed by atoms with Crippen molar-refractivity contribution in [2.75, 3.05) is 4.90 Å². The van der Waals surface area contributed by atoms with Gasteiger partial charge in [0.05, 0.1) is 6.04 Å². The van der Waals surface area contributed by atoms with Crippen LogP contribution in [0.5, 0.6) is 0 Å². The van der Waals surface area contributed by atoms with Crippen LogP contribution in [0.3, 0.4) is 0 Å². The van der Waals surface area contributed by atoms with Crippen molar-refractivity contribution in [1.29, 1.82) is 0 Å². The van der Waals surface area contributed by atoms with Gasteiger partial charge in [-0.3, -0.25) is 0 Å². The van der Waals surface area contributed by atoms with E-state index in [1.165, 1.54) is 121 Å². The SMILES string of the molecule is Cc1ccccc1N(c1ccccc1)C(C)c1ccc2c(ccc3cc(-c4ccc5c(-c6ccc7ccccc7c6)c6ccccc6c(-c6ccc7ccccc7c6)c5c4)ccc32)c1. The first-order chi connectivity index (χ1) is 31.6. The molecule has 64 heavy (non-hydrogen) atoms. The number of anilines is 2.